The van der Waals surface area contributed by atoms with E-state index in [0.717, 1.165) is 25.0 Å². The van der Waals surface area contributed by atoms with Crippen molar-refractivity contribution in [3.05, 3.63) is 41.8 Å². The Labute approximate surface area is 128 Å². The predicted molar refractivity (Wildman–Crippen MR) is 76.6 cm³/mol. The first-order valence-electron chi connectivity index (χ1n) is 7.41. The van der Waals surface area contributed by atoms with E-state index in [1.165, 1.54) is 0 Å². The zero-order valence-corrected chi connectivity index (χ0v) is 12.2. The lowest BCUT2D eigenvalue weighted by Gasteiger charge is -2.02. The minimum atomic E-state index is -0.0949. The van der Waals surface area contributed by atoms with Crippen molar-refractivity contribution < 1.29 is 14.1 Å². The first-order chi connectivity index (χ1) is 10.8. The van der Waals surface area contributed by atoms with E-state index in [2.05, 4.69) is 20.4 Å². The van der Waals surface area contributed by atoms with E-state index in [1.807, 2.05) is 12.1 Å². The molecular formula is C15H18N4O3. The lowest BCUT2D eigenvalue weighted by atomic mass is 10.1. The van der Waals surface area contributed by atoms with E-state index in [-0.39, 0.29) is 18.6 Å². The van der Waals surface area contributed by atoms with Gasteiger partial charge in [0.15, 0.2) is 5.82 Å². The van der Waals surface area contributed by atoms with Crippen molar-refractivity contribution in [1.82, 2.24) is 20.4 Å². The zero-order chi connectivity index (χ0) is 15.2. The average molecular weight is 302 g/mol. The Bertz CT molecular complexity index is 608. The molecule has 1 saturated heterocycles. The molecule has 3 rings (SSSR count). The van der Waals surface area contributed by atoms with Gasteiger partial charge in [0, 0.05) is 25.4 Å². The number of ether oxygens (including phenoxy) is 1. The second-order valence-electron chi connectivity index (χ2n) is 5.19. The fourth-order valence-electron chi connectivity index (χ4n) is 2.31. The molecule has 7 heteroatoms. The molecule has 2 aromatic heterocycles. The number of aryl methyl sites for hydroxylation is 1. The van der Waals surface area contributed by atoms with E-state index >= 15 is 0 Å². The van der Waals surface area contributed by atoms with Gasteiger partial charge in [-0.2, -0.15) is 4.98 Å². The summed E-state index contributed by atoms with van der Waals surface area (Å²) in [5, 5.41) is 6.65. The van der Waals surface area contributed by atoms with Gasteiger partial charge in [0.05, 0.1) is 6.54 Å². The molecule has 1 aliphatic heterocycles. The van der Waals surface area contributed by atoms with Gasteiger partial charge in [-0.1, -0.05) is 11.2 Å². The number of hydrogen-bond acceptors (Lipinski definition) is 6. The molecule has 0 bridgehead atoms. The summed E-state index contributed by atoms with van der Waals surface area (Å²) in [6.07, 6.45) is 6.36. The van der Waals surface area contributed by atoms with Gasteiger partial charge in [0.1, 0.15) is 6.10 Å². The summed E-state index contributed by atoms with van der Waals surface area (Å²) in [6.45, 7) is 0.996. The Morgan fingerprint density at radius 1 is 1.45 bits per heavy atom. The summed E-state index contributed by atoms with van der Waals surface area (Å²) in [5.74, 6) is 0.921. The third kappa shape index (κ3) is 3.88. The highest BCUT2D eigenvalue weighted by Crippen LogP contribution is 2.26. The first kappa shape index (κ1) is 14.6. The largest absolute Gasteiger partial charge is 0.368 e. The van der Waals surface area contributed by atoms with Crippen LogP contribution in [0, 0.1) is 0 Å². The van der Waals surface area contributed by atoms with Crippen LogP contribution in [0.3, 0.4) is 0 Å². The Hall–Kier alpha value is -2.28. The van der Waals surface area contributed by atoms with Gasteiger partial charge in [-0.05, 0) is 30.9 Å². The van der Waals surface area contributed by atoms with Crippen molar-refractivity contribution in [2.24, 2.45) is 0 Å². The number of hydrogen-bond donors (Lipinski definition) is 1. The summed E-state index contributed by atoms with van der Waals surface area (Å²) in [6, 6.07) is 3.81. The molecular weight excluding hydrogens is 284 g/mol. The first-order valence-corrected chi connectivity index (χ1v) is 7.41. The molecule has 7 nitrogen and oxygen atoms in total. The number of nitrogens with one attached hydrogen (secondary N) is 1. The van der Waals surface area contributed by atoms with Gasteiger partial charge in [0.25, 0.3) is 5.89 Å². The topological polar surface area (TPSA) is 90.1 Å². The molecule has 0 radical (unpaired) electrons. The van der Waals surface area contributed by atoms with E-state index in [4.69, 9.17) is 9.26 Å². The van der Waals surface area contributed by atoms with Crippen molar-refractivity contribution in [1.29, 1.82) is 0 Å². The molecule has 1 N–H and O–H groups in total. The van der Waals surface area contributed by atoms with Gasteiger partial charge in [-0.15, -0.1) is 0 Å². The summed E-state index contributed by atoms with van der Waals surface area (Å²) < 4.78 is 10.6. The Morgan fingerprint density at radius 3 is 3.18 bits per heavy atom. The average Bonchev–Trinajstić information content (AvgIpc) is 3.22. The third-order valence-corrected chi connectivity index (χ3v) is 3.50. The second-order valence-corrected chi connectivity index (χ2v) is 5.19. The quantitative estimate of drug-likeness (QED) is 0.871. The van der Waals surface area contributed by atoms with E-state index in [1.54, 1.807) is 12.4 Å². The molecule has 0 spiro atoms. The summed E-state index contributed by atoms with van der Waals surface area (Å²) in [5.41, 5.74) is 1.04. The van der Waals surface area contributed by atoms with Crippen LogP contribution in [-0.2, 0) is 22.5 Å². The van der Waals surface area contributed by atoms with Crippen LogP contribution in [0.25, 0.3) is 0 Å². The molecule has 1 atom stereocenters. The Kier molecular flexibility index (Phi) is 4.75. The maximum absolute atomic E-state index is 11.8. The van der Waals surface area contributed by atoms with Crippen LogP contribution in [0.15, 0.2) is 29.0 Å². The number of rotatable bonds is 6. The highest BCUT2D eigenvalue weighted by atomic mass is 16.5. The van der Waals surface area contributed by atoms with Crippen molar-refractivity contribution in [3.63, 3.8) is 0 Å². The highest BCUT2D eigenvalue weighted by molar-refractivity contribution is 5.76. The number of amides is 1. The minimum Gasteiger partial charge on any atom is -0.368 e. The maximum Gasteiger partial charge on any atom is 0.255 e. The van der Waals surface area contributed by atoms with Gasteiger partial charge in [-0.25, -0.2) is 0 Å². The van der Waals surface area contributed by atoms with Crippen molar-refractivity contribution in [2.45, 2.75) is 38.3 Å². The van der Waals surface area contributed by atoms with Gasteiger partial charge in [-0.3, -0.25) is 9.78 Å². The van der Waals surface area contributed by atoms with Crippen molar-refractivity contribution >= 4 is 5.91 Å². The Morgan fingerprint density at radius 2 is 2.41 bits per heavy atom. The van der Waals surface area contributed by atoms with Crippen LogP contribution in [0.1, 0.15) is 42.6 Å². The summed E-state index contributed by atoms with van der Waals surface area (Å²) in [4.78, 5) is 20.1. The normalized spacial score (nSPS) is 17.5. The van der Waals surface area contributed by atoms with Gasteiger partial charge >= 0.3 is 0 Å². The van der Waals surface area contributed by atoms with Gasteiger partial charge in [0.2, 0.25) is 5.91 Å². The molecule has 0 saturated carbocycles. The molecule has 0 aromatic carbocycles. The second kappa shape index (κ2) is 7.13. The molecule has 1 amide bonds. The molecule has 2 aromatic rings. The maximum atomic E-state index is 11.8. The molecule has 1 unspecified atom stereocenters. The summed E-state index contributed by atoms with van der Waals surface area (Å²) in [7, 11) is 0. The summed E-state index contributed by atoms with van der Waals surface area (Å²) >= 11 is 0. The fourth-order valence-corrected chi connectivity index (χ4v) is 2.31. The predicted octanol–water partition coefficient (Wildman–Crippen LogP) is 1.57. The van der Waals surface area contributed by atoms with Crippen LogP contribution >= 0.6 is 0 Å². The molecule has 0 aliphatic carbocycles. The van der Waals surface area contributed by atoms with Crippen LogP contribution in [0.2, 0.25) is 0 Å². The molecule has 3 heterocycles. The molecule has 22 heavy (non-hydrogen) atoms. The van der Waals surface area contributed by atoms with E-state index < -0.39 is 0 Å². The van der Waals surface area contributed by atoms with Crippen LogP contribution < -0.4 is 5.32 Å². The number of carbonyl (C=O) groups is 1. The molecule has 1 fully saturated rings. The van der Waals surface area contributed by atoms with E-state index in [9.17, 15) is 4.79 Å². The van der Waals surface area contributed by atoms with Crippen molar-refractivity contribution in [3.8, 4) is 0 Å². The number of aromatic nitrogens is 3. The molecule has 1 aliphatic rings. The lowest BCUT2D eigenvalue weighted by molar-refractivity contribution is -0.121. The lowest BCUT2D eigenvalue weighted by Crippen LogP contribution is -2.23. The fraction of sp³-hybridized carbons (Fsp3) is 0.467. The zero-order valence-electron chi connectivity index (χ0n) is 12.2. The van der Waals surface area contributed by atoms with E-state index in [0.29, 0.717) is 24.6 Å². The Balaban J connectivity index is 1.43. The molecule has 116 valence electrons. The smallest absolute Gasteiger partial charge is 0.255 e. The third-order valence-electron chi connectivity index (χ3n) is 3.50. The number of nitrogens with zero attached hydrogens (tertiary/aromatic N) is 3. The van der Waals surface area contributed by atoms with Crippen molar-refractivity contribution in [2.75, 3.05) is 6.61 Å². The minimum absolute atomic E-state index is 0.0488. The van der Waals surface area contributed by atoms with Crippen LogP contribution in [-0.4, -0.2) is 27.6 Å². The number of pyridine rings is 1. The van der Waals surface area contributed by atoms with Crippen LogP contribution in [0.4, 0.5) is 0 Å². The van der Waals surface area contributed by atoms with Crippen LogP contribution in [0.5, 0.6) is 0 Å². The van der Waals surface area contributed by atoms with Gasteiger partial charge < -0.3 is 14.6 Å². The monoisotopic (exact) mass is 302 g/mol. The SMILES string of the molecule is O=C(CCc1cccnc1)NCc1noc(C2CCCO2)n1. The highest BCUT2D eigenvalue weighted by Gasteiger charge is 2.23. The number of carbonyl (C=O) groups excluding carboxylic acids is 1. The standard InChI is InChI=1S/C15H18N4O3/c20-14(6-5-11-3-1-7-16-9-11)17-10-13-18-15(22-19-13)12-4-2-8-21-12/h1,3,7,9,12H,2,4-6,8,10H2,(H,17,20).